The van der Waals surface area contributed by atoms with Gasteiger partial charge in [0.05, 0.1) is 34.6 Å². The van der Waals surface area contributed by atoms with Crippen molar-refractivity contribution in [2.75, 3.05) is 23.3 Å². The molecule has 4 heterocycles. The van der Waals surface area contributed by atoms with E-state index in [2.05, 4.69) is 42.2 Å². The lowest BCUT2D eigenvalue weighted by Gasteiger charge is -2.43. The van der Waals surface area contributed by atoms with Gasteiger partial charge in [-0.15, -0.1) is 0 Å². The van der Waals surface area contributed by atoms with Crippen LogP contribution < -0.4 is 10.2 Å². The molecule has 1 amide bonds. The Bertz CT molecular complexity index is 1760. The van der Waals surface area contributed by atoms with Gasteiger partial charge in [-0.25, -0.2) is 32.1 Å². The fourth-order valence-electron chi connectivity index (χ4n) is 5.77. The molecule has 1 aromatic carbocycles. The van der Waals surface area contributed by atoms with E-state index in [-0.39, 0.29) is 22.6 Å². The Kier molecular flexibility index (Phi) is 7.34. The summed E-state index contributed by atoms with van der Waals surface area (Å²) in [5.74, 6) is 1.77. The van der Waals surface area contributed by atoms with Crippen molar-refractivity contribution in [3.63, 3.8) is 0 Å². The van der Waals surface area contributed by atoms with Gasteiger partial charge in [0.2, 0.25) is 0 Å². The lowest BCUT2D eigenvalue weighted by molar-refractivity contribution is 0.0981. The van der Waals surface area contributed by atoms with E-state index in [9.17, 15) is 18.3 Å². The van der Waals surface area contributed by atoms with Crippen LogP contribution in [0.2, 0.25) is 0 Å². The molecule has 1 aliphatic carbocycles. The smallest absolute Gasteiger partial charge is 0.407 e. The molecule has 2 atom stereocenters. The third-order valence-electron chi connectivity index (χ3n) is 7.98. The first kappa shape index (κ1) is 28.4. The normalized spacial score (nSPS) is 19.3. The number of benzene rings is 1. The number of fused-ring (bicyclic) bond motifs is 1. The van der Waals surface area contributed by atoms with E-state index in [0.717, 1.165) is 29.9 Å². The molecule has 4 aromatic rings. The molecule has 0 bridgehead atoms. The Morgan fingerprint density at radius 2 is 1.76 bits per heavy atom. The summed E-state index contributed by atoms with van der Waals surface area (Å²) in [5.41, 5.74) is 3.31. The van der Waals surface area contributed by atoms with Gasteiger partial charge in [0.15, 0.2) is 5.65 Å². The van der Waals surface area contributed by atoms with Crippen LogP contribution in [0.5, 0.6) is 0 Å². The summed E-state index contributed by atoms with van der Waals surface area (Å²) in [6, 6.07) is 10.5. The summed E-state index contributed by atoms with van der Waals surface area (Å²) in [4.78, 5) is 29.4. The van der Waals surface area contributed by atoms with Crippen LogP contribution in [0.3, 0.4) is 0 Å². The molecule has 2 aliphatic rings. The molecule has 2 N–H and O–H groups in total. The van der Waals surface area contributed by atoms with E-state index in [1.807, 2.05) is 26.8 Å². The number of aromatic nitrogens is 4. The van der Waals surface area contributed by atoms with E-state index < -0.39 is 16.1 Å². The van der Waals surface area contributed by atoms with Gasteiger partial charge in [0, 0.05) is 23.8 Å². The summed E-state index contributed by atoms with van der Waals surface area (Å²) >= 11 is 3.54. The molecular formula is C29H32BrN7O4S. The molecule has 42 heavy (non-hydrogen) atoms. The molecule has 1 saturated heterocycles. The molecule has 1 saturated carbocycles. The molecule has 1 aliphatic heterocycles. The number of amides is 1. The van der Waals surface area contributed by atoms with Gasteiger partial charge in [-0.05, 0) is 79.2 Å². The van der Waals surface area contributed by atoms with Crippen molar-refractivity contribution in [3.8, 4) is 0 Å². The number of rotatable bonds is 7. The van der Waals surface area contributed by atoms with Gasteiger partial charge in [0.25, 0.3) is 10.0 Å². The van der Waals surface area contributed by atoms with Crippen molar-refractivity contribution in [2.24, 2.45) is 0 Å². The van der Waals surface area contributed by atoms with Gasteiger partial charge in [-0.2, -0.15) is 0 Å². The van der Waals surface area contributed by atoms with Crippen LogP contribution in [0, 0.1) is 6.92 Å². The van der Waals surface area contributed by atoms with Gasteiger partial charge in [0.1, 0.15) is 18.0 Å². The van der Waals surface area contributed by atoms with Crippen LogP contribution in [0.25, 0.3) is 11.0 Å². The number of halogens is 1. The number of piperazine rings is 1. The highest BCUT2D eigenvalue weighted by Gasteiger charge is 2.34. The largest absolute Gasteiger partial charge is 0.465 e. The van der Waals surface area contributed by atoms with E-state index in [1.54, 1.807) is 24.3 Å². The van der Waals surface area contributed by atoms with Gasteiger partial charge in [-0.1, -0.05) is 23.8 Å². The number of pyridine rings is 1. The number of hydrogen-bond donors (Lipinski definition) is 2. The molecule has 0 unspecified atom stereocenters. The Morgan fingerprint density at radius 1 is 1.07 bits per heavy atom. The molecule has 3 aromatic heterocycles. The third-order valence-corrected chi connectivity index (χ3v) is 10.2. The average molecular weight is 655 g/mol. The molecule has 2 fully saturated rings. The first-order valence-corrected chi connectivity index (χ1v) is 16.1. The van der Waals surface area contributed by atoms with Crippen LogP contribution in [0.1, 0.15) is 49.4 Å². The second-order valence-corrected chi connectivity index (χ2v) is 13.8. The second kappa shape index (κ2) is 10.8. The zero-order chi connectivity index (χ0) is 29.8. The van der Waals surface area contributed by atoms with Gasteiger partial charge < -0.3 is 15.3 Å². The Hall–Kier alpha value is -3.71. The number of hydrogen-bond acceptors (Lipinski definition) is 8. The average Bonchev–Trinajstić information content (AvgIpc) is 3.73. The minimum absolute atomic E-state index is 0.162. The fourth-order valence-corrected chi connectivity index (χ4v) is 7.79. The summed E-state index contributed by atoms with van der Waals surface area (Å²) in [5, 5.41) is 13.6. The van der Waals surface area contributed by atoms with Crippen LogP contribution in [-0.4, -0.2) is 68.6 Å². The molecule has 13 heteroatoms. The van der Waals surface area contributed by atoms with Crippen molar-refractivity contribution in [3.05, 3.63) is 70.2 Å². The maximum Gasteiger partial charge on any atom is 0.407 e. The number of aryl methyl sites for hydroxylation is 1. The molecule has 0 spiro atoms. The number of anilines is 2. The van der Waals surface area contributed by atoms with Crippen LogP contribution in [0.15, 0.2) is 58.3 Å². The first-order chi connectivity index (χ1) is 20.0. The van der Waals surface area contributed by atoms with Crippen LogP contribution >= 0.6 is 15.9 Å². The van der Waals surface area contributed by atoms with Crippen molar-refractivity contribution in [1.82, 2.24) is 23.8 Å². The van der Waals surface area contributed by atoms with E-state index in [4.69, 9.17) is 4.98 Å². The SMILES string of the molecule is Cc1ccc(S(=O)(=O)n2cc(Br)c3c(NCc4nc(N5C[C@@H](C)N(C(=O)O)[C@@H](C)C5)ccc4C4CC4)ncnc32)cc1. The van der Waals surface area contributed by atoms with Crippen LogP contribution in [0.4, 0.5) is 16.4 Å². The van der Waals surface area contributed by atoms with Crippen molar-refractivity contribution in [1.29, 1.82) is 0 Å². The second-order valence-electron chi connectivity index (χ2n) is 11.1. The van der Waals surface area contributed by atoms with Gasteiger partial charge in [-0.3, -0.25) is 4.90 Å². The highest BCUT2D eigenvalue weighted by atomic mass is 79.9. The zero-order valence-electron chi connectivity index (χ0n) is 23.5. The maximum atomic E-state index is 13.5. The predicted molar refractivity (Wildman–Crippen MR) is 164 cm³/mol. The topological polar surface area (TPSA) is 134 Å². The molecule has 0 radical (unpaired) electrons. The highest BCUT2D eigenvalue weighted by molar-refractivity contribution is 9.10. The number of carbonyl (C=O) groups is 1. The van der Waals surface area contributed by atoms with Crippen molar-refractivity contribution in [2.45, 2.75) is 63.1 Å². The number of nitrogens with one attached hydrogen (secondary N) is 1. The number of nitrogens with zero attached hydrogens (tertiary/aromatic N) is 6. The summed E-state index contributed by atoms with van der Waals surface area (Å²) in [7, 11) is -3.88. The highest BCUT2D eigenvalue weighted by Crippen LogP contribution is 2.42. The van der Waals surface area contributed by atoms with Crippen molar-refractivity contribution < 1.29 is 18.3 Å². The van der Waals surface area contributed by atoms with Gasteiger partial charge >= 0.3 is 6.09 Å². The van der Waals surface area contributed by atoms with Crippen molar-refractivity contribution >= 4 is 54.7 Å². The lowest BCUT2D eigenvalue weighted by atomic mass is 10.1. The monoisotopic (exact) mass is 653 g/mol. The van der Waals surface area contributed by atoms with E-state index >= 15 is 0 Å². The van der Waals surface area contributed by atoms with E-state index in [0.29, 0.717) is 41.2 Å². The molecule has 220 valence electrons. The standard InChI is InChI=1S/C29H32BrN7O4S/c1-17-4-8-21(9-5-17)42(40,41)36-15-23(30)26-27(32-16-33-28(26)36)31-12-24-22(20-6-7-20)10-11-25(34-24)35-13-18(2)37(29(38)39)19(3)14-35/h4-5,8-11,15-16,18-20H,6-7,12-14H2,1-3H3,(H,38,39)(H,31,32,33)/t18-,19+. The Balaban J connectivity index is 1.30. The third kappa shape index (κ3) is 5.19. The summed E-state index contributed by atoms with van der Waals surface area (Å²) in [6.07, 6.45) is 4.19. The molecule has 6 rings (SSSR count). The molecule has 11 nitrogen and oxygen atoms in total. The van der Waals surface area contributed by atoms with Crippen LogP contribution in [-0.2, 0) is 16.6 Å². The minimum Gasteiger partial charge on any atom is -0.465 e. The fraction of sp³-hybridized carbons (Fsp3) is 0.379. The summed E-state index contributed by atoms with van der Waals surface area (Å²) < 4.78 is 28.7. The quantitative estimate of drug-likeness (QED) is 0.276. The molecular weight excluding hydrogens is 622 g/mol. The Labute approximate surface area is 252 Å². The minimum atomic E-state index is -3.88. The lowest BCUT2D eigenvalue weighted by Crippen LogP contribution is -2.58. The predicted octanol–water partition coefficient (Wildman–Crippen LogP) is 5.20. The maximum absolute atomic E-state index is 13.5. The summed E-state index contributed by atoms with van der Waals surface area (Å²) in [6.45, 7) is 7.24. The van der Waals surface area contributed by atoms with E-state index in [1.165, 1.54) is 27.0 Å². The first-order valence-electron chi connectivity index (χ1n) is 13.9. The number of carboxylic acid groups (broad SMARTS) is 1. The zero-order valence-corrected chi connectivity index (χ0v) is 25.9. The Morgan fingerprint density at radius 3 is 2.40 bits per heavy atom.